The molecule has 2 aliphatic heterocycles. The Morgan fingerprint density at radius 3 is 1.24 bits per heavy atom. The zero-order valence-corrected chi connectivity index (χ0v) is 52.6. The molecule has 0 saturated carbocycles. The number of pyridine rings is 3. The van der Waals surface area contributed by atoms with E-state index in [9.17, 15) is 0 Å². The third-order valence-corrected chi connectivity index (χ3v) is 16.2. The molecule has 0 saturated heterocycles. The molecular formula is C83H110N7+3. The first-order valence-corrected chi connectivity index (χ1v) is 29.7. The maximum Gasteiger partial charge on any atom is 0.212 e. The minimum absolute atomic E-state index is 0. The lowest BCUT2D eigenvalue weighted by atomic mass is 10.0. The molecule has 2 aliphatic rings. The first kappa shape index (κ1) is 68.4. The van der Waals surface area contributed by atoms with Gasteiger partial charge >= 0.3 is 0 Å². The zero-order valence-electron chi connectivity index (χ0n) is 56.6. The van der Waals surface area contributed by atoms with E-state index in [4.69, 9.17) is 5.48 Å². The third kappa shape index (κ3) is 18.1. The molecule has 0 amide bonds. The van der Waals surface area contributed by atoms with E-state index in [1.807, 2.05) is 90.2 Å². The lowest BCUT2D eigenvalue weighted by molar-refractivity contribution is -0.660. The molecule has 0 radical (unpaired) electrons. The maximum atomic E-state index is 7.81. The summed E-state index contributed by atoms with van der Waals surface area (Å²) in [4.78, 5) is 9.32. The molecule has 0 spiro atoms. The summed E-state index contributed by atoms with van der Waals surface area (Å²) in [6.45, 7) is 20.5. The summed E-state index contributed by atoms with van der Waals surface area (Å²) < 4.78 is 37.3. The van der Waals surface area contributed by atoms with Gasteiger partial charge in [0.05, 0.1) is 11.4 Å². The largest absolute Gasteiger partial charge is 0.353 e. The summed E-state index contributed by atoms with van der Waals surface area (Å²) in [5.74, 6) is 0. The van der Waals surface area contributed by atoms with E-state index in [-0.39, 0.29) is 37.1 Å². The monoisotopic (exact) mass is 1210 g/mol. The molecule has 2 atom stereocenters. The predicted molar refractivity (Wildman–Crippen MR) is 394 cm³/mol. The van der Waals surface area contributed by atoms with Crippen LogP contribution in [-0.2, 0) is 40.3 Å². The molecule has 0 aliphatic carbocycles. The minimum atomic E-state index is -1.31. The van der Waals surface area contributed by atoms with Crippen LogP contribution in [0.2, 0.25) is 0 Å². The van der Waals surface area contributed by atoms with E-state index in [1.165, 1.54) is 78.6 Å². The van der Waals surface area contributed by atoms with Crippen LogP contribution in [0, 0.1) is 34.6 Å². The summed E-state index contributed by atoms with van der Waals surface area (Å²) in [5.41, 5.74) is 22.6. The van der Waals surface area contributed by atoms with Crippen molar-refractivity contribution in [1.29, 1.82) is 0 Å². The molecule has 0 fully saturated rings. The van der Waals surface area contributed by atoms with Crippen molar-refractivity contribution in [2.45, 2.75) is 138 Å². The van der Waals surface area contributed by atoms with Crippen LogP contribution in [-0.4, -0.2) is 19.4 Å². The summed E-state index contributed by atoms with van der Waals surface area (Å²) in [7, 11) is 8.20. The molecule has 7 heteroatoms. The van der Waals surface area contributed by atoms with Gasteiger partial charge in [0, 0.05) is 94.1 Å². The predicted octanol–water partition coefficient (Wildman–Crippen LogP) is 20.4. The van der Waals surface area contributed by atoms with Gasteiger partial charge in [-0.1, -0.05) is 179 Å². The molecule has 90 heavy (non-hydrogen) atoms. The Labute approximate surface area is 552 Å². The Balaban J connectivity index is 0.000000303. The highest BCUT2D eigenvalue weighted by atomic mass is 15.4. The molecule has 474 valence electrons. The van der Waals surface area contributed by atoms with Gasteiger partial charge in [0.25, 0.3) is 0 Å². The zero-order chi connectivity index (χ0) is 64.2. The Morgan fingerprint density at radius 1 is 0.378 bits per heavy atom. The summed E-state index contributed by atoms with van der Waals surface area (Å²) >= 11 is 0. The number of hydrogen-bond acceptors (Lipinski definition) is 4. The number of fused-ring (bicyclic) bond motifs is 1. The highest BCUT2D eigenvalue weighted by Gasteiger charge is 2.32. The molecule has 12 rings (SSSR count). The Bertz CT molecular complexity index is 4020. The molecule has 7 nitrogen and oxygen atoms in total. The van der Waals surface area contributed by atoms with Crippen molar-refractivity contribution in [3.8, 4) is 33.8 Å². The van der Waals surface area contributed by atoms with Gasteiger partial charge in [-0.15, -0.1) is 0 Å². The van der Waals surface area contributed by atoms with Gasteiger partial charge < -0.3 is 19.6 Å². The number of para-hydroxylation sites is 5. The van der Waals surface area contributed by atoms with E-state index in [0.29, 0.717) is 23.5 Å². The van der Waals surface area contributed by atoms with Crippen molar-refractivity contribution in [3.63, 3.8) is 0 Å². The molecule has 10 aromatic rings. The average molecular weight is 1210 g/mol. The molecule has 7 aromatic carbocycles. The van der Waals surface area contributed by atoms with Crippen molar-refractivity contribution >= 4 is 28.4 Å². The van der Waals surface area contributed by atoms with Gasteiger partial charge in [-0.05, 0) is 168 Å². The molecule has 5 heterocycles. The van der Waals surface area contributed by atoms with Crippen molar-refractivity contribution < 1.29 is 19.2 Å². The van der Waals surface area contributed by atoms with Crippen molar-refractivity contribution in [2.24, 2.45) is 21.1 Å². The Hall–Kier alpha value is -9.07. The quantitative estimate of drug-likeness (QED) is 0.134. The number of nitrogens with zero attached hydrogens (tertiary/aromatic N) is 7. The topological polar surface area (TPSA) is 24.6 Å². The first-order chi connectivity index (χ1) is 42.5. The van der Waals surface area contributed by atoms with Crippen LogP contribution >= 0.6 is 0 Å². The normalized spacial score (nSPS) is 14.0. The minimum Gasteiger partial charge on any atom is -0.353 e. The summed E-state index contributed by atoms with van der Waals surface area (Å²) in [6.07, 6.45) is 9.40. The van der Waals surface area contributed by atoms with Crippen LogP contribution < -0.4 is 33.3 Å². The molecule has 0 N–H and O–H groups in total. The number of rotatable bonds is 9. The molecule has 2 unspecified atom stereocenters. The maximum absolute atomic E-state index is 7.81. The van der Waals surface area contributed by atoms with E-state index in [0.717, 1.165) is 23.4 Å². The molecule has 0 bridgehead atoms. The van der Waals surface area contributed by atoms with Gasteiger partial charge in [-0.2, -0.15) is 0 Å². The van der Waals surface area contributed by atoms with Crippen LogP contribution in [0.25, 0.3) is 33.8 Å². The van der Waals surface area contributed by atoms with Crippen molar-refractivity contribution in [1.82, 2.24) is 0 Å². The lowest BCUT2D eigenvalue weighted by Gasteiger charge is -2.30. The van der Waals surface area contributed by atoms with Crippen LogP contribution in [0.3, 0.4) is 0 Å². The van der Waals surface area contributed by atoms with Crippen molar-refractivity contribution in [2.75, 3.05) is 26.6 Å². The van der Waals surface area contributed by atoms with Gasteiger partial charge in [0.1, 0.15) is 33.5 Å². The first-order valence-electron chi connectivity index (χ1n) is 31.7. The lowest BCUT2D eigenvalue weighted by Crippen LogP contribution is -2.36. The number of benzene rings is 7. The smallest absolute Gasteiger partial charge is 0.212 e. The standard InChI is InChI=1S/C17H18N2.C16H18N2.3C15H18N.5CH4/c1-14-8-6-7-11-17(14)19-13-12-18(15(19)2)16-9-4-3-5-10-16;1-12-8-4-5-9-14(12)18-13(2)17(3)15-10-6-7-11-16(15)18;1-4-13-9-10-16(3)15(11-13)14-8-6-5-7-12(14)2;2*1-4-13-9-10-15(16(3)11-13)14-8-6-5-7-12(14)2;;;;;/h3-13,15H,1-2H3;4-11,13H,1-3H3;3*5-11H,4H2,1-3H3;5*1H4/q;;3*+1;;;;;/i;;2*4D2;;;;;;. The second-order valence-corrected chi connectivity index (χ2v) is 21.9. The van der Waals surface area contributed by atoms with Gasteiger partial charge in [0.15, 0.2) is 18.6 Å². The van der Waals surface area contributed by atoms with Crippen LogP contribution in [0.5, 0.6) is 0 Å². The fourth-order valence-electron chi connectivity index (χ4n) is 11.0. The van der Waals surface area contributed by atoms with Crippen LogP contribution in [0.15, 0.2) is 243 Å². The average Bonchev–Trinajstić information content (AvgIpc) is 1.62. The van der Waals surface area contributed by atoms with E-state index in [2.05, 4.69) is 270 Å². The Kier molecular flexibility index (Phi) is 27.2. The highest BCUT2D eigenvalue weighted by Crippen LogP contribution is 2.44. The fourth-order valence-corrected chi connectivity index (χ4v) is 11.0. The van der Waals surface area contributed by atoms with E-state index >= 15 is 0 Å². The Morgan fingerprint density at radius 2 is 0.778 bits per heavy atom. The van der Waals surface area contributed by atoms with Gasteiger partial charge in [0.2, 0.25) is 17.1 Å². The van der Waals surface area contributed by atoms with E-state index in [1.54, 1.807) is 13.8 Å². The van der Waals surface area contributed by atoms with E-state index < -0.39 is 12.7 Å². The highest BCUT2D eigenvalue weighted by molar-refractivity contribution is 5.84. The summed E-state index contributed by atoms with van der Waals surface area (Å²) in [6, 6.07) is 73.1. The number of aryl methyl sites for hydroxylation is 11. The van der Waals surface area contributed by atoms with Crippen LogP contribution in [0.4, 0.5) is 28.4 Å². The SMILES string of the molecule is C.C.C.C.C.CCc1ccc(-c2ccccc2C)[n+](C)c1.Cc1ccccc1N1C=CN(c2ccccc2)C1C.Cc1ccccc1N1c2ccccc2N(C)C1C.[2H]C([2H])(C)c1cc[n+](C)c(-c2ccccc2C)c1.[2H]C([2H])(C)c1ccc(-c2ccccc2C)[n+](C)c1. The molecular weight excluding hydrogens is 1090 g/mol. The third-order valence-electron chi connectivity index (χ3n) is 16.2. The van der Waals surface area contributed by atoms with Gasteiger partial charge in [-0.25, -0.2) is 13.7 Å². The van der Waals surface area contributed by atoms with Crippen LogP contribution in [0.1, 0.15) is 122 Å². The fraction of sp³-hybridized carbons (Fsp3) is 0.289. The summed E-state index contributed by atoms with van der Waals surface area (Å²) in [5, 5.41) is 0. The van der Waals surface area contributed by atoms with Crippen molar-refractivity contribution in [3.05, 3.63) is 288 Å². The second-order valence-electron chi connectivity index (χ2n) is 21.9. The second kappa shape index (κ2) is 35.8. The number of anilines is 5. The molecule has 3 aromatic heterocycles. The van der Waals surface area contributed by atoms with Gasteiger partial charge in [-0.3, -0.25) is 0 Å². The number of hydrogen-bond donors (Lipinski definition) is 0. The number of aromatic nitrogens is 3.